The lowest BCUT2D eigenvalue weighted by Gasteiger charge is -2.21. The van der Waals surface area contributed by atoms with Gasteiger partial charge in [0.1, 0.15) is 12.1 Å². The number of hydrogen-bond donors (Lipinski definition) is 4. The molecule has 0 rings (SSSR count). The Balaban J connectivity index is 4.40. The Bertz CT molecular complexity index is 424. The van der Waals surface area contributed by atoms with Crippen LogP contribution in [0.1, 0.15) is 27.7 Å². The summed E-state index contributed by atoms with van der Waals surface area (Å²) in [6.45, 7) is 5.69. The quantitative estimate of drug-likeness (QED) is 0.376. The van der Waals surface area contributed by atoms with Crippen LogP contribution in [0, 0.1) is 0 Å². The van der Waals surface area contributed by atoms with Crippen molar-refractivity contribution in [2.75, 3.05) is 0 Å². The van der Waals surface area contributed by atoms with E-state index in [0.29, 0.717) is 0 Å². The second-order valence-electron chi connectivity index (χ2n) is 4.91. The number of carbonyl (C=O) groups is 4. The third-order valence-electron chi connectivity index (χ3n) is 2.66. The maximum atomic E-state index is 11.8. The lowest BCUT2D eigenvalue weighted by atomic mass is 10.2. The molecule has 0 bridgehead atoms. The highest BCUT2D eigenvalue weighted by molar-refractivity contribution is 5.93. The summed E-state index contributed by atoms with van der Waals surface area (Å²) in [7, 11) is 0. The first-order valence-corrected chi connectivity index (χ1v) is 6.51. The molecular formula is C12H22N4O5. The molecule has 4 atom stereocenters. The molecule has 0 aliphatic carbocycles. The molecule has 0 heterocycles. The molecule has 0 unspecified atom stereocenters. The Labute approximate surface area is 122 Å². The van der Waals surface area contributed by atoms with Crippen molar-refractivity contribution in [3.63, 3.8) is 0 Å². The van der Waals surface area contributed by atoms with Crippen molar-refractivity contribution in [2.45, 2.75) is 51.9 Å². The summed E-state index contributed by atoms with van der Waals surface area (Å²) < 4.78 is 0. The van der Waals surface area contributed by atoms with Crippen molar-refractivity contribution >= 4 is 23.7 Å². The number of carboxylic acid groups (broad SMARTS) is 1. The molecule has 0 aromatic rings. The Morgan fingerprint density at radius 3 is 1.43 bits per heavy atom. The van der Waals surface area contributed by atoms with Crippen LogP contribution in [-0.2, 0) is 19.2 Å². The van der Waals surface area contributed by atoms with Crippen LogP contribution >= 0.6 is 0 Å². The first kappa shape index (κ1) is 18.8. The molecule has 3 amide bonds. The van der Waals surface area contributed by atoms with E-state index in [2.05, 4.69) is 21.7 Å². The van der Waals surface area contributed by atoms with Gasteiger partial charge in [-0.3, -0.25) is 14.4 Å². The van der Waals surface area contributed by atoms with Gasteiger partial charge in [-0.2, -0.15) is 0 Å². The van der Waals surface area contributed by atoms with Gasteiger partial charge in [0.25, 0.3) is 5.91 Å². The van der Waals surface area contributed by atoms with E-state index < -0.39 is 42.0 Å². The van der Waals surface area contributed by atoms with Crippen LogP contribution in [0.3, 0.4) is 0 Å². The maximum Gasteiger partial charge on any atom is 0.278 e. The summed E-state index contributed by atoms with van der Waals surface area (Å²) in [5, 5.41) is 17.5. The monoisotopic (exact) mass is 302 g/mol. The van der Waals surface area contributed by atoms with E-state index in [1.807, 2.05) is 0 Å². The maximum absolute atomic E-state index is 11.8. The number of amides is 3. The van der Waals surface area contributed by atoms with E-state index in [-0.39, 0.29) is 5.91 Å². The predicted octanol–water partition coefficient (Wildman–Crippen LogP) is -4.12. The molecule has 6 N–H and O–H groups in total. The molecule has 0 radical (unpaired) electrons. The van der Waals surface area contributed by atoms with Gasteiger partial charge >= 0.3 is 0 Å². The van der Waals surface area contributed by atoms with E-state index >= 15 is 0 Å². The van der Waals surface area contributed by atoms with Crippen molar-refractivity contribution < 1.29 is 30.0 Å². The van der Waals surface area contributed by atoms with Crippen LogP contribution in [0.15, 0.2) is 0 Å². The van der Waals surface area contributed by atoms with Gasteiger partial charge in [0, 0.05) is 0 Å². The average Bonchev–Trinajstić information content (AvgIpc) is 2.37. The lowest BCUT2D eigenvalue weighted by molar-refractivity contribution is -0.398. The first-order chi connectivity index (χ1) is 9.56. The molecule has 120 valence electrons. The summed E-state index contributed by atoms with van der Waals surface area (Å²) >= 11 is 0. The summed E-state index contributed by atoms with van der Waals surface area (Å²) in [5.41, 5.74) is 3.52. The van der Waals surface area contributed by atoms with Crippen LogP contribution in [0.2, 0.25) is 0 Å². The summed E-state index contributed by atoms with van der Waals surface area (Å²) in [6.07, 6.45) is 0. The highest BCUT2D eigenvalue weighted by atomic mass is 16.4. The van der Waals surface area contributed by atoms with Gasteiger partial charge < -0.3 is 31.6 Å². The number of quaternary nitrogens is 1. The second-order valence-corrected chi connectivity index (χ2v) is 4.91. The number of aliphatic carboxylic acids is 1. The normalized spacial score (nSPS) is 16.0. The molecule has 0 aromatic carbocycles. The second kappa shape index (κ2) is 8.20. The van der Waals surface area contributed by atoms with Gasteiger partial charge in [-0.05, 0) is 27.7 Å². The molecule has 0 fully saturated rings. The zero-order valence-electron chi connectivity index (χ0n) is 12.6. The summed E-state index contributed by atoms with van der Waals surface area (Å²) in [5.74, 6) is -3.04. The van der Waals surface area contributed by atoms with E-state index in [1.54, 1.807) is 6.92 Å². The minimum Gasteiger partial charge on any atom is -0.548 e. The molecule has 0 aliphatic rings. The van der Waals surface area contributed by atoms with Gasteiger partial charge in [0.2, 0.25) is 11.8 Å². The largest absolute Gasteiger partial charge is 0.548 e. The van der Waals surface area contributed by atoms with E-state index in [4.69, 9.17) is 0 Å². The highest BCUT2D eigenvalue weighted by Gasteiger charge is 2.23. The number of hydrogen-bond acceptors (Lipinski definition) is 5. The zero-order valence-corrected chi connectivity index (χ0v) is 12.6. The van der Waals surface area contributed by atoms with Gasteiger partial charge in [0.15, 0.2) is 6.04 Å². The fourth-order valence-electron chi connectivity index (χ4n) is 1.22. The fraction of sp³-hybridized carbons (Fsp3) is 0.667. The van der Waals surface area contributed by atoms with Crippen molar-refractivity contribution in [3.8, 4) is 0 Å². The number of carboxylic acids is 1. The van der Waals surface area contributed by atoms with Gasteiger partial charge in [-0.1, -0.05) is 0 Å². The minimum absolute atomic E-state index is 0.389. The third kappa shape index (κ3) is 6.70. The van der Waals surface area contributed by atoms with Crippen molar-refractivity contribution in [1.82, 2.24) is 16.0 Å². The van der Waals surface area contributed by atoms with Gasteiger partial charge in [-0.25, -0.2) is 0 Å². The smallest absolute Gasteiger partial charge is 0.278 e. The molecule has 0 saturated carbocycles. The van der Waals surface area contributed by atoms with Crippen LogP contribution in [0.4, 0.5) is 0 Å². The minimum atomic E-state index is -1.42. The van der Waals surface area contributed by atoms with Crippen LogP contribution in [0.5, 0.6) is 0 Å². The number of carbonyl (C=O) groups excluding carboxylic acids is 4. The van der Waals surface area contributed by atoms with E-state index in [1.165, 1.54) is 20.8 Å². The summed E-state index contributed by atoms with van der Waals surface area (Å²) in [6, 6.07) is -3.46. The SMILES string of the molecule is C[C@@H]([NH3+])C(=O)N[C@H](C)C(=O)N[C@H](C)C(=O)N[C@H](C)C(=O)[O-]. The Hall–Kier alpha value is -2.16. The molecule has 0 aromatic heterocycles. The Morgan fingerprint density at radius 2 is 1.10 bits per heavy atom. The van der Waals surface area contributed by atoms with Gasteiger partial charge in [-0.15, -0.1) is 0 Å². The van der Waals surface area contributed by atoms with Crippen molar-refractivity contribution in [1.29, 1.82) is 0 Å². The van der Waals surface area contributed by atoms with Crippen molar-refractivity contribution in [3.05, 3.63) is 0 Å². The van der Waals surface area contributed by atoms with Crippen LogP contribution in [0.25, 0.3) is 0 Å². The molecular weight excluding hydrogens is 280 g/mol. The van der Waals surface area contributed by atoms with Crippen LogP contribution in [-0.4, -0.2) is 47.9 Å². The molecule has 0 spiro atoms. The molecule has 9 heteroatoms. The topological polar surface area (TPSA) is 155 Å². The number of rotatable bonds is 7. The first-order valence-electron chi connectivity index (χ1n) is 6.51. The average molecular weight is 302 g/mol. The van der Waals surface area contributed by atoms with Crippen LogP contribution < -0.4 is 26.8 Å². The predicted molar refractivity (Wildman–Crippen MR) is 70.2 cm³/mol. The van der Waals surface area contributed by atoms with E-state index in [0.717, 1.165) is 0 Å². The fourth-order valence-corrected chi connectivity index (χ4v) is 1.22. The lowest BCUT2D eigenvalue weighted by Crippen LogP contribution is -2.67. The standard InChI is InChI=1S/C12H22N4O5/c1-5(13)9(17)14-6(2)10(18)15-7(3)11(19)16-8(4)12(20)21/h5-8H,13H2,1-4H3,(H,14,17)(H,15,18)(H,16,19)(H,20,21)/t5-,6-,7-,8-/m1/s1. The highest BCUT2D eigenvalue weighted by Crippen LogP contribution is 1.90. The number of nitrogens with one attached hydrogen (secondary N) is 3. The van der Waals surface area contributed by atoms with Gasteiger partial charge in [0.05, 0.1) is 12.0 Å². The van der Waals surface area contributed by atoms with E-state index in [9.17, 15) is 24.3 Å². The molecule has 9 nitrogen and oxygen atoms in total. The Morgan fingerprint density at radius 1 is 0.762 bits per heavy atom. The third-order valence-corrected chi connectivity index (χ3v) is 2.66. The zero-order chi connectivity index (χ0) is 16.7. The van der Waals surface area contributed by atoms with Crippen molar-refractivity contribution in [2.24, 2.45) is 0 Å². The summed E-state index contributed by atoms with van der Waals surface area (Å²) in [4.78, 5) is 45.3. The Kier molecular flexibility index (Phi) is 7.36. The molecule has 0 aliphatic heterocycles. The molecule has 21 heavy (non-hydrogen) atoms. The molecule has 0 saturated heterocycles.